The molecule has 2 N–H and O–H groups in total. The molecule has 1 aliphatic heterocycles. The van der Waals surface area contributed by atoms with E-state index in [9.17, 15) is 4.79 Å². The van der Waals surface area contributed by atoms with Gasteiger partial charge in [0.1, 0.15) is 5.92 Å². The molecular weight excluding hydrogens is 202 g/mol. The molecule has 0 aromatic heterocycles. The van der Waals surface area contributed by atoms with E-state index in [1.165, 1.54) is 28.7 Å². The first-order chi connectivity index (χ1) is 5.16. The van der Waals surface area contributed by atoms with Crippen LogP contribution in [0.3, 0.4) is 0 Å². The molecule has 1 fully saturated rings. The fourth-order valence-corrected chi connectivity index (χ4v) is 3.64. The predicted octanol–water partition coefficient (Wildman–Crippen LogP) is 0.783. The summed E-state index contributed by atoms with van der Waals surface area (Å²) in [6.07, 6.45) is 0. The van der Waals surface area contributed by atoms with Gasteiger partial charge in [-0.15, -0.1) is 0 Å². The third kappa shape index (κ3) is 1.87. The number of rotatable bonds is 1. The lowest BCUT2D eigenvalue weighted by Gasteiger charge is -2.09. The van der Waals surface area contributed by atoms with E-state index in [1.807, 2.05) is 0 Å². The molecule has 3 nitrogen and oxygen atoms in total. The second kappa shape index (κ2) is 3.75. The van der Waals surface area contributed by atoms with E-state index in [2.05, 4.69) is 4.74 Å². The van der Waals surface area contributed by atoms with Crippen LogP contribution in [0, 0.1) is 5.92 Å². The number of hydrogen-bond donors (Lipinski definition) is 1. The predicted molar refractivity (Wildman–Crippen MR) is 51.3 cm³/mol. The average Bonchev–Trinajstić information content (AvgIpc) is 2.30. The molecule has 11 heavy (non-hydrogen) atoms. The van der Waals surface area contributed by atoms with Gasteiger partial charge in [-0.05, 0) is 10.8 Å². The average molecular weight is 209 g/mol. The Morgan fingerprint density at radius 2 is 2.45 bits per heavy atom. The van der Waals surface area contributed by atoms with Gasteiger partial charge in [0, 0.05) is 0 Å². The van der Waals surface area contributed by atoms with Crippen LogP contribution in [0.1, 0.15) is 0 Å². The number of carbonyl (C=O) groups excluding carboxylic acids is 1. The fraction of sp³-hybridized carbons (Fsp3) is 0.600. The highest BCUT2D eigenvalue weighted by Gasteiger charge is 2.37. The summed E-state index contributed by atoms with van der Waals surface area (Å²) in [6.45, 7) is 0. The van der Waals surface area contributed by atoms with Gasteiger partial charge in [-0.2, -0.15) is 0 Å². The van der Waals surface area contributed by atoms with Gasteiger partial charge in [0.25, 0.3) is 0 Å². The highest BCUT2D eigenvalue weighted by atomic mass is 33.1. The van der Waals surface area contributed by atoms with Crippen LogP contribution < -0.4 is 5.73 Å². The van der Waals surface area contributed by atoms with Gasteiger partial charge in [0.05, 0.1) is 16.7 Å². The van der Waals surface area contributed by atoms with Crippen molar-refractivity contribution in [2.45, 2.75) is 5.37 Å². The first kappa shape index (κ1) is 9.31. The first-order valence-electron chi connectivity index (χ1n) is 2.87. The standard InChI is InChI=1S/C5H7NO2S3/c1-8-4(7)2-3(6)10-11-5(2)9/h2-3H,6H2,1H3/t2-,3+/m0/s1. The van der Waals surface area contributed by atoms with Crippen molar-refractivity contribution in [2.75, 3.05) is 7.11 Å². The second-order valence-electron chi connectivity index (χ2n) is 1.96. The maximum Gasteiger partial charge on any atom is 0.317 e. The molecule has 1 aliphatic rings. The van der Waals surface area contributed by atoms with E-state index in [-0.39, 0.29) is 11.3 Å². The number of hydrogen-bond acceptors (Lipinski definition) is 6. The zero-order valence-electron chi connectivity index (χ0n) is 5.77. The molecule has 0 aromatic carbocycles. The van der Waals surface area contributed by atoms with Crippen molar-refractivity contribution >= 4 is 44.0 Å². The molecule has 0 unspecified atom stereocenters. The minimum Gasteiger partial charge on any atom is -0.468 e. The molecule has 0 spiro atoms. The number of thiocarbonyl (C=S) groups is 1. The fourth-order valence-electron chi connectivity index (χ4n) is 0.702. The van der Waals surface area contributed by atoms with Crippen LogP contribution >= 0.6 is 33.8 Å². The van der Waals surface area contributed by atoms with Crippen molar-refractivity contribution in [3.8, 4) is 0 Å². The Kier molecular flexibility index (Phi) is 3.17. The number of nitrogens with two attached hydrogens (primary N) is 1. The van der Waals surface area contributed by atoms with Crippen LogP contribution in [0.5, 0.6) is 0 Å². The maximum atomic E-state index is 11.0. The van der Waals surface area contributed by atoms with Gasteiger partial charge in [-0.25, -0.2) is 0 Å². The molecule has 0 aliphatic carbocycles. The number of esters is 1. The van der Waals surface area contributed by atoms with Crippen LogP contribution in [-0.4, -0.2) is 22.6 Å². The lowest BCUT2D eigenvalue weighted by molar-refractivity contribution is -0.142. The van der Waals surface area contributed by atoms with E-state index in [0.29, 0.717) is 4.20 Å². The summed E-state index contributed by atoms with van der Waals surface area (Å²) in [5.74, 6) is -0.745. The van der Waals surface area contributed by atoms with Gasteiger partial charge in [0.15, 0.2) is 0 Å². The molecule has 1 heterocycles. The first-order valence-corrected chi connectivity index (χ1v) is 5.49. The minimum absolute atomic E-state index is 0.250. The van der Waals surface area contributed by atoms with Crippen molar-refractivity contribution in [3.05, 3.63) is 0 Å². The topological polar surface area (TPSA) is 52.3 Å². The normalized spacial score (nSPS) is 30.5. The number of methoxy groups -OCH3 is 1. The lowest BCUT2D eigenvalue weighted by Crippen LogP contribution is -2.33. The summed E-state index contributed by atoms with van der Waals surface area (Å²) in [6, 6.07) is 0. The highest BCUT2D eigenvalue weighted by molar-refractivity contribution is 8.84. The van der Waals surface area contributed by atoms with Crippen molar-refractivity contribution < 1.29 is 9.53 Å². The van der Waals surface area contributed by atoms with Gasteiger partial charge < -0.3 is 10.5 Å². The van der Waals surface area contributed by atoms with Crippen molar-refractivity contribution in [1.82, 2.24) is 0 Å². The summed E-state index contributed by atoms with van der Waals surface area (Å²) in [5.41, 5.74) is 5.60. The molecule has 1 saturated heterocycles. The van der Waals surface area contributed by atoms with Gasteiger partial charge >= 0.3 is 5.97 Å². The zero-order chi connectivity index (χ0) is 8.43. The molecular formula is C5H7NO2S3. The van der Waals surface area contributed by atoms with E-state index < -0.39 is 5.92 Å². The summed E-state index contributed by atoms with van der Waals surface area (Å²) >= 11 is 4.92. The summed E-state index contributed by atoms with van der Waals surface area (Å²) in [5, 5.41) is -0.250. The summed E-state index contributed by atoms with van der Waals surface area (Å²) in [4.78, 5) is 11.0. The van der Waals surface area contributed by atoms with Crippen molar-refractivity contribution in [1.29, 1.82) is 0 Å². The molecule has 0 bridgehead atoms. The van der Waals surface area contributed by atoms with Crippen molar-refractivity contribution in [2.24, 2.45) is 11.7 Å². The maximum absolute atomic E-state index is 11.0. The zero-order valence-corrected chi connectivity index (χ0v) is 8.22. The largest absolute Gasteiger partial charge is 0.468 e. The molecule has 62 valence electrons. The van der Waals surface area contributed by atoms with Crippen LogP contribution in [0.15, 0.2) is 0 Å². The Labute approximate surface area is 77.8 Å². The van der Waals surface area contributed by atoms with Crippen LogP contribution in [0.4, 0.5) is 0 Å². The highest BCUT2D eigenvalue weighted by Crippen LogP contribution is 2.41. The van der Waals surface area contributed by atoms with Crippen LogP contribution in [0.25, 0.3) is 0 Å². The molecule has 0 amide bonds. The van der Waals surface area contributed by atoms with E-state index in [1.54, 1.807) is 0 Å². The molecule has 0 radical (unpaired) electrons. The Morgan fingerprint density at radius 1 is 1.82 bits per heavy atom. The monoisotopic (exact) mass is 209 g/mol. The Bertz CT molecular complexity index is 196. The van der Waals surface area contributed by atoms with Gasteiger partial charge in [0.2, 0.25) is 0 Å². The molecule has 0 aromatic rings. The molecule has 0 saturated carbocycles. The second-order valence-corrected chi connectivity index (χ2v) is 5.08. The van der Waals surface area contributed by atoms with E-state index >= 15 is 0 Å². The summed E-state index contributed by atoms with van der Waals surface area (Å²) < 4.78 is 5.16. The van der Waals surface area contributed by atoms with Gasteiger partial charge in [-0.1, -0.05) is 23.0 Å². The Morgan fingerprint density at radius 3 is 2.82 bits per heavy atom. The van der Waals surface area contributed by atoms with E-state index in [0.717, 1.165) is 0 Å². The van der Waals surface area contributed by atoms with Gasteiger partial charge in [-0.3, -0.25) is 4.79 Å². The number of ether oxygens (including phenoxy) is 1. The minimum atomic E-state index is -0.412. The Balaban J connectivity index is 2.68. The molecule has 2 atom stereocenters. The third-order valence-electron chi connectivity index (χ3n) is 1.28. The van der Waals surface area contributed by atoms with Crippen molar-refractivity contribution in [3.63, 3.8) is 0 Å². The summed E-state index contributed by atoms with van der Waals surface area (Å²) in [7, 11) is 4.13. The smallest absolute Gasteiger partial charge is 0.317 e. The van der Waals surface area contributed by atoms with E-state index in [4.69, 9.17) is 18.0 Å². The number of carbonyl (C=O) groups is 1. The SMILES string of the molecule is COC(=O)[C@H]1C(=S)SS[C@H]1N. The Hall–Kier alpha value is 0.220. The van der Waals surface area contributed by atoms with Crippen LogP contribution in [-0.2, 0) is 9.53 Å². The lowest BCUT2D eigenvalue weighted by atomic mass is 10.2. The third-order valence-corrected chi connectivity index (χ3v) is 4.60. The quantitative estimate of drug-likeness (QED) is 0.391. The molecule has 1 rings (SSSR count). The van der Waals surface area contributed by atoms with Crippen LogP contribution in [0.2, 0.25) is 0 Å². The molecule has 6 heteroatoms.